The number of hydrogen-bond donors (Lipinski definition) is 2. The Kier molecular flexibility index (Phi) is 7.06. The molecule has 144 valence electrons. The van der Waals surface area contributed by atoms with Gasteiger partial charge in [-0.25, -0.2) is 0 Å². The highest BCUT2D eigenvalue weighted by molar-refractivity contribution is 9.10. The van der Waals surface area contributed by atoms with Crippen LogP contribution in [0, 0.1) is 0 Å². The number of nitrogens with one attached hydrogen (secondary N) is 1. The van der Waals surface area contributed by atoms with Crippen LogP contribution in [0.5, 0.6) is 17.2 Å². The second kappa shape index (κ2) is 9.27. The minimum Gasteiger partial charge on any atom is -0.493 e. The summed E-state index contributed by atoms with van der Waals surface area (Å²) < 4.78 is 16.8. The Hall–Kier alpha value is -2.74. The third-order valence-electron chi connectivity index (χ3n) is 3.78. The highest BCUT2D eigenvalue weighted by Crippen LogP contribution is 2.38. The van der Waals surface area contributed by atoms with Gasteiger partial charge in [0, 0.05) is 10.0 Å². The van der Waals surface area contributed by atoms with Crippen molar-refractivity contribution < 1.29 is 23.8 Å². The molecule has 0 aromatic heterocycles. The van der Waals surface area contributed by atoms with Gasteiger partial charge in [-0.15, -0.1) is 0 Å². The van der Waals surface area contributed by atoms with Crippen LogP contribution >= 0.6 is 15.9 Å². The van der Waals surface area contributed by atoms with Gasteiger partial charge in [0.25, 0.3) is 11.8 Å². The van der Waals surface area contributed by atoms with Crippen molar-refractivity contribution >= 4 is 27.7 Å². The molecule has 1 atom stereocenters. The van der Waals surface area contributed by atoms with Gasteiger partial charge < -0.3 is 25.3 Å². The molecule has 0 fully saturated rings. The van der Waals surface area contributed by atoms with Crippen LogP contribution in [0.1, 0.15) is 28.9 Å². The standard InChI is InChI=1S/C19H21BrN2O5/c1-11(12-5-4-6-14(20)7-12)22-19(24)13-8-15(25-2)18(16(9-13)26-3)27-10-17(21)23/h4-9,11H,10H2,1-3H3,(H2,21,23)(H,22,24). The molecule has 3 N–H and O–H groups in total. The van der Waals surface area contributed by atoms with Crippen molar-refractivity contribution in [1.29, 1.82) is 0 Å². The highest BCUT2D eigenvalue weighted by atomic mass is 79.9. The SMILES string of the molecule is COc1cc(C(=O)NC(C)c2cccc(Br)c2)cc(OC)c1OCC(N)=O. The van der Waals surface area contributed by atoms with E-state index in [0.29, 0.717) is 5.56 Å². The van der Waals surface area contributed by atoms with Crippen molar-refractivity contribution in [1.82, 2.24) is 5.32 Å². The fraction of sp³-hybridized carbons (Fsp3) is 0.263. The average molecular weight is 437 g/mol. The predicted octanol–water partition coefficient (Wildman–Crippen LogP) is 2.82. The normalized spacial score (nSPS) is 11.4. The molecule has 0 saturated heterocycles. The molecule has 0 aliphatic heterocycles. The monoisotopic (exact) mass is 436 g/mol. The topological polar surface area (TPSA) is 99.9 Å². The third-order valence-corrected chi connectivity index (χ3v) is 4.27. The van der Waals surface area contributed by atoms with Crippen LogP contribution in [0.25, 0.3) is 0 Å². The third kappa shape index (κ3) is 5.37. The maximum Gasteiger partial charge on any atom is 0.255 e. The van der Waals surface area contributed by atoms with Crippen molar-refractivity contribution in [3.63, 3.8) is 0 Å². The van der Waals surface area contributed by atoms with E-state index >= 15 is 0 Å². The molecule has 1 unspecified atom stereocenters. The van der Waals surface area contributed by atoms with Crippen LogP contribution in [0.15, 0.2) is 40.9 Å². The molecular weight excluding hydrogens is 416 g/mol. The lowest BCUT2D eigenvalue weighted by Gasteiger charge is -2.17. The van der Waals surface area contributed by atoms with Gasteiger partial charge in [0.1, 0.15) is 0 Å². The Morgan fingerprint density at radius 2 is 1.78 bits per heavy atom. The first-order valence-electron chi connectivity index (χ1n) is 8.09. The molecule has 0 bridgehead atoms. The van der Waals surface area contributed by atoms with E-state index in [4.69, 9.17) is 19.9 Å². The first-order valence-corrected chi connectivity index (χ1v) is 8.88. The molecule has 0 spiro atoms. The summed E-state index contributed by atoms with van der Waals surface area (Å²) in [6.07, 6.45) is 0. The Balaban J connectivity index is 2.26. The van der Waals surface area contributed by atoms with Gasteiger partial charge in [0.15, 0.2) is 18.1 Å². The molecule has 2 aromatic carbocycles. The maximum absolute atomic E-state index is 12.7. The number of benzene rings is 2. The summed E-state index contributed by atoms with van der Waals surface area (Å²) in [4.78, 5) is 23.7. The van der Waals surface area contributed by atoms with Crippen LogP contribution in [-0.4, -0.2) is 32.6 Å². The van der Waals surface area contributed by atoms with E-state index in [2.05, 4.69) is 21.2 Å². The Morgan fingerprint density at radius 1 is 1.15 bits per heavy atom. The molecule has 0 saturated carbocycles. The molecular formula is C19H21BrN2O5. The lowest BCUT2D eigenvalue weighted by Crippen LogP contribution is -2.26. The zero-order valence-corrected chi connectivity index (χ0v) is 16.8. The number of nitrogens with two attached hydrogens (primary N) is 1. The summed E-state index contributed by atoms with van der Waals surface area (Å²) in [6, 6.07) is 10.5. The molecule has 7 nitrogen and oxygen atoms in total. The number of primary amides is 1. The van der Waals surface area contributed by atoms with Gasteiger partial charge in [0.05, 0.1) is 20.3 Å². The number of methoxy groups -OCH3 is 2. The largest absolute Gasteiger partial charge is 0.493 e. The smallest absolute Gasteiger partial charge is 0.255 e. The van der Waals surface area contributed by atoms with Gasteiger partial charge >= 0.3 is 0 Å². The first kappa shape index (κ1) is 20.6. The highest BCUT2D eigenvalue weighted by Gasteiger charge is 2.19. The van der Waals surface area contributed by atoms with Gasteiger partial charge in [-0.2, -0.15) is 0 Å². The van der Waals surface area contributed by atoms with Gasteiger partial charge in [0.2, 0.25) is 5.75 Å². The molecule has 2 aromatic rings. The maximum atomic E-state index is 12.7. The van der Waals surface area contributed by atoms with Gasteiger partial charge in [-0.3, -0.25) is 9.59 Å². The molecule has 2 amide bonds. The fourth-order valence-corrected chi connectivity index (χ4v) is 2.85. The van der Waals surface area contributed by atoms with Crippen molar-refractivity contribution in [2.45, 2.75) is 13.0 Å². The number of hydrogen-bond acceptors (Lipinski definition) is 5. The molecule has 0 aliphatic carbocycles. The molecule has 8 heteroatoms. The Labute approximate surface area is 165 Å². The van der Waals surface area contributed by atoms with Crippen molar-refractivity contribution in [2.24, 2.45) is 5.73 Å². The lowest BCUT2D eigenvalue weighted by atomic mass is 10.1. The number of carbonyl (C=O) groups excluding carboxylic acids is 2. The summed E-state index contributed by atoms with van der Waals surface area (Å²) in [6.45, 7) is 1.55. The van der Waals surface area contributed by atoms with Crippen LogP contribution < -0.4 is 25.3 Å². The summed E-state index contributed by atoms with van der Waals surface area (Å²) in [5.74, 6) is -0.216. The fourth-order valence-electron chi connectivity index (χ4n) is 2.44. The summed E-state index contributed by atoms with van der Waals surface area (Å²) in [5, 5.41) is 2.93. The minimum absolute atomic E-state index is 0.204. The van der Waals surface area contributed by atoms with Gasteiger partial charge in [-0.05, 0) is 36.8 Å². The van der Waals surface area contributed by atoms with Crippen LogP contribution in [0.4, 0.5) is 0 Å². The summed E-state index contributed by atoms with van der Waals surface area (Å²) >= 11 is 3.42. The van der Waals surface area contributed by atoms with E-state index in [9.17, 15) is 9.59 Å². The van der Waals surface area contributed by atoms with Crippen LogP contribution in [-0.2, 0) is 4.79 Å². The van der Waals surface area contributed by atoms with Crippen molar-refractivity contribution in [2.75, 3.05) is 20.8 Å². The van der Waals surface area contributed by atoms with E-state index in [1.165, 1.54) is 26.4 Å². The van der Waals surface area contributed by atoms with E-state index in [1.54, 1.807) is 0 Å². The molecule has 2 rings (SSSR count). The van der Waals surface area contributed by atoms with E-state index in [0.717, 1.165) is 10.0 Å². The van der Waals surface area contributed by atoms with Crippen molar-refractivity contribution in [3.8, 4) is 17.2 Å². The molecule has 0 heterocycles. The number of amides is 2. The Morgan fingerprint density at radius 3 is 2.30 bits per heavy atom. The number of rotatable bonds is 8. The van der Waals surface area contributed by atoms with Crippen LogP contribution in [0.2, 0.25) is 0 Å². The van der Waals surface area contributed by atoms with E-state index < -0.39 is 5.91 Å². The summed E-state index contributed by atoms with van der Waals surface area (Å²) in [7, 11) is 2.86. The molecule has 0 aliphatic rings. The molecule has 0 radical (unpaired) electrons. The second-order valence-electron chi connectivity index (χ2n) is 5.72. The Bertz CT molecular complexity index is 816. The quantitative estimate of drug-likeness (QED) is 0.662. The van der Waals surface area contributed by atoms with E-state index in [-0.39, 0.29) is 35.8 Å². The summed E-state index contributed by atoms with van der Waals surface area (Å²) in [5.41, 5.74) is 6.40. The number of carbonyl (C=O) groups is 2. The minimum atomic E-state index is -0.635. The number of ether oxygens (including phenoxy) is 3. The first-order chi connectivity index (χ1) is 12.8. The number of halogens is 1. The zero-order valence-electron chi connectivity index (χ0n) is 15.2. The van der Waals surface area contributed by atoms with E-state index in [1.807, 2.05) is 31.2 Å². The average Bonchev–Trinajstić information content (AvgIpc) is 2.65. The second-order valence-corrected chi connectivity index (χ2v) is 6.63. The molecule has 27 heavy (non-hydrogen) atoms. The zero-order chi connectivity index (χ0) is 20.0. The van der Waals surface area contributed by atoms with Crippen molar-refractivity contribution in [3.05, 3.63) is 52.0 Å². The van der Waals surface area contributed by atoms with Gasteiger partial charge in [-0.1, -0.05) is 28.1 Å². The van der Waals surface area contributed by atoms with Crippen LogP contribution in [0.3, 0.4) is 0 Å². The predicted molar refractivity (Wildman–Crippen MR) is 104 cm³/mol. The lowest BCUT2D eigenvalue weighted by molar-refractivity contribution is -0.120.